The van der Waals surface area contributed by atoms with Crippen LogP contribution in [0.2, 0.25) is 0 Å². The first kappa shape index (κ1) is 18.2. The molecule has 0 aromatic heterocycles. The number of hydrogen-bond acceptors (Lipinski definition) is 3. The third kappa shape index (κ3) is 3.92. The molecule has 0 radical (unpaired) electrons. The summed E-state index contributed by atoms with van der Waals surface area (Å²) in [6.45, 7) is 2.10. The predicted octanol–water partition coefficient (Wildman–Crippen LogP) is 3.75. The molecular weight excluding hydrogens is 336 g/mol. The maximum Gasteiger partial charge on any atom is 0.251 e. The molecule has 0 bridgehead atoms. The fourth-order valence-corrected chi connectivity index (χ4v) is 4.27. The second-order valence-corrected chi connectivity index (χ2v) is 7.75. The Balaban J connectivity index is 1.48. The summed E-state index contributed by atoms with van der Waals surface area (Å²) in [5.74, 6) is 1.09. The van der Waals surface area contributed by atoms with E-state index in [1.54, 1.807) is 0 Å². The maximum atomic E-state index is 12.9. The van der Waals surface area contributed by atoms with Crippen molar-refractivity contribution in [2.75, 3.05) is 13.2 Å². The van der Waals surface area contributed by atoms with Crippen molar-refractivity contribution >= 4 is 5.91 Å². The van der Waals surface area contributed by atoms with Crippen molar-refractivity contribution in [3.05, 3.63) is 59.7 Å². The predicted molar refractivity (Wildman–Crippen MR) is 107 cm³/mol. The topological polar surface area (TPSA) is 64.4 Å². The van der Waals surface area contributed by atoms with Crippen LogP contribution >= 0.6 is 0 Å². The van der Waals surface area contributed by atoms with Gasteiger partial charge in [-0.15, -0.1) is 0 Å². The van der Waals surface area contributed by atoms with E-state index in [2.05, 4.69) is 11.4 Å². The second-order valence-electron chi connectivity index (χ2n) is 7.75. The SMILES string of the molecule is NCc1ccccc1-c1ccc(C(=O)NC(C2CCC2)C2CCOC2)cc1. The number of carbonyl (C=O) groups is 1. The highest BCUT2D eigenvalue weighted by Gasteiger charge is 2.36. The summed E-state index contributed by atoms with van der Waals surface area (Å²) in [4.78, 5) is 12.9. The van der Waals surface area contributed by atoms with Crippen molar-refractivity contribution < 1.29 is 9.53 Å². The lowest BCUT2D eigenvalue weighted by molar-refractivity contribution is 0.0842. The van der Waals surface area contributed by atoms with Crippen molar-refractivity contribution in [3.63, 3.8) is 0 Å². The highest BCUT2D eigenvalue weighted by atomic mass is 16.5. The van der Waals surface area contributed by atoms with Gasteiger partial charge in [0.15, 0.2) is 0 Å². The van der Waals surface area contributed by atoms with Crippen LogP contribution in [-0.2, 0) is 11.3 Å². The van der Waals surface area contributed by atoms with Gasteiger partial charge in [0.2, 0.25) is 0 Å². The van der Waals surface area contributed by atoms with Crippen LogP contribution in [0.4, 0.5) is 0 Å². The molecule has 2 fully saturated rings. The van der Waals surface area contributed by atoms with E-state index in [0.717, 1.165) is 36.3 Å². The summed E-state index contributed by atoms with van der Waals surface area (Å²) in [6.07, 6.45) is 4.77. The zero-order valence-corrected chi connectivity index (χ0v) is 15.7. The molecule has 2 aromatic rings. The number of amides is 1. The van der Waals surface area contributed by atoms with E-state index in [1.165, 1.54) is 19.3 Å². The Bertz CT molecular complexity index is 777. The minimum Gasteiger partial charge on any atom is -0.381 e. The first-order valence-electron chi connectivity index (χ1n) is 10.0. The fraction of sp³-hybridized carbons (Fsp3) is 0.435. The quantitative estimate of drug-likeness (QED) is 0.820. The highest BCUT2D eigenvalue weighted by molar-refractivity contribution is 5.95. The van der Waals surface area contributed by atoms with Crippen molar-refractivity contribution in [3.8, 4) is 11.1 Å². The van der Waals surface area contributed by atoms with Gasteiger partial charge in [0.25, 0.3) is 5.91 Å². The van der Waals surface area contributed by atoms with E-state index in [9.17, 15) is 4.79 Å². The van der Waals surface area contributed by atoms with Crippen LogP contribution in [0.5, 0.6) is 0 Å². The lowest BCUT2D eigenvalue weighted by Gasteiger charge is -2.37. The molecule has 2 aromatic carbocycles. The molecule has 1 aliphatic heterocycles. The van der Waals surface area contributed by atoms with Crippen LogP contribution in [0.25, 0.3) is 11.1 Å². The molecule has 1 amide bonds. The number of ether oxygens (including phenoxy) is 1. The molecular formula is C23H28N2O2. The van der Waals surface area contributed by atoms with Gasteiger partial charge in [-0.05, 0) is 54.0 Å². The zero-order chi connectivity index (χ0) is 18.6. The number of carbonyl (C=O) groups excluding carboxylic acids is 1. The number of nitrogens with one attached hydrogen (secondary N) is 1. The standard InChI is InChI=1S/C23H28N2O2/c24-14-19-4-1-2-7-21(19)16-8-10-18(11-9-16)23(26)25-22(17-5-3-6-17)20-12-13-27-15-20/h1-2,4,7-11,17,20,22H,3,5-6,12-15,24H2,(H,25,26). The van der Waals surface area contributed by atoms with Crippen LogP contribution in [-0.4, -0.2) is 25.2 Å². The largest absolute Gasteiger partial charge is 0.381 e. The summed E-state index contributed by atoms with van der Waals surface area (Å²) in [7, 11) is 0. The van der Waals surface area contributed by atoms with Crippen LogP contribution in [0.1, 0.15) is 41.6 Å². The lowest BCUT2D eigenvalue weighted by Crippen LogP contribution is -2.47. The Kier molecular flexibility index (Phi) is 5.55. The van der Waals surface area contributed by atoms with Crippen LogP contribution in [0.3, 0.4) is 0 Å². The van der Waals surface area contributed by atoms with E-state index in [-0.39, 0.29) is 11.9 Å². The summed E-state index contributed by atoms with van der Waals surface area (Å²) in [5.41, 5.74) is 9.90. The monoisotopic (exact) mass is 364 g/mol. The molecule has 2 unspecified atom stereocenters. The van der Waals surface area contributed by atoms with Gasteiger partial charge in [-0.3, -0.25) is 4.79 Å². The third-order valence-electron chi connectivity index (χ3n) is 6.12. The molecule has 2 atom stereocenters. The van der Waals surface area contributed by atoms with Gasteiger partial charge in [0.1, 0.15) is 0 Å². The smallest absolute Gasteiger partial charge is 0.251 e. The molecule has 4 heteroatoms. The number of rotatable bonds is 6. The maximum absolute atomic E-state index is 12.9. The van der Waals surface area contributed by atoms with Crippen molar-refractivity contribution in [1.82, 2.24) is 5.32 Å². The average molecular weight is 364 g/mol. The Morgan fingerprint density at radius 3 is 2.48 bits per heavy atom. The first-order chi connectivity index (χ1) is 13.3. The van der Waals surface area contributed by atoms with E-state index in [1.807, 2.05) is 42.5 Å². The van der Waals surface area contributed by atoms with Crippen molar-refractivity contribution in [2.24, 2.45) is 17.6 Å². The van der Waals surface area contributed by atoms with Gasteiger partial charge in [-0.2, -0.15) is 0 Å². The van der Waals surface area contributed by atoms with Gasteiger partial charge < -0.3 is 15.8 Å². The van der Waals surface area contributed by atoms with Gasteiger partial charge >= 0.3 is 0 Å². The fourth-order valence-electron chi connectivity index (χ4n) is 4.27. The molecule has 3 N–H and O–H groups in total. The molecule has 142 valence electrons. The highest BCUT2D eigenvalue weighted by Crippen LogP contribution is 2.35. The van der Waals surface area contributed by atoms with Gasteiger partial charge in [0.05, 0.1) is 6.61 Å². The summed E-state index contributed by atoms with van der Waals surface area (Å²) in [5, 5.41) is 3.32. The number of benzene rings is 2. The van der Waals surface area contributed by atoms with E-state index < -0.39 is 0 Å². The number of hydrogen-bond donors (Lipinski definition) is 2. The van der Waals surface area contributed by atoms with Gasteiger partial charge in [0, 0.05) is 30.7 Å². The lowest BCUT2D eigenvalue weighted by atomic mass is 9.74. The third-order valence-corrected chi connectivity index (χ3v) is 6.12. The normalized spacial score (nSPS) is 20.9. The molecule has 1 aliphatic carbocycles. The Morgan fingerprint density at radius 1 is 1.07 bits per heavy atom. The van der Waals surface area contributed by atoms with Gasteiger partial charge in [-0.25, -0.2) is 0 Å². The molecule has 27 heavy (non-hydrogen) atoms. The minimum atomic E-state index is 0.0254. The Hall–Kier alpha value is -2.17. The Labute approximate surface area is 161 Å². The minimum absolute atomic E-state index is 0.0254. The average Bonchev–Trinajstić information content (AvgIpc) is 3.20. The molecule has 4 nitrogen and oxygen atoms in total. The second kappa shape index (κ2) is 8.24. The molecule has 2 aliphatic rings. The Morgan fingerprint density at radius 2 is 1.85 bits per heavy atom. The van der Waals surface area contributed by atoms with Crippen LogP contribution in [0, 0.1) is 11.8 Å². The first-order valence-corrected chi connectivity index (χ1v) is 10.0. The van der Waals surface area contributed by atoms with E-state index in [0.29, 0.717) is 23.9 Å². The molecule has 1 saturated carbocycles. The van der Waals surface area contributed by atoms with Gasteiger partial charge in [-0.1, -0.05) is 42.8 Å². The van der Waals surface area contributed by atoms with E-state index >= 15 is 0 Å². The van der Waals surface area contributed by atoms with Crippen LogP contribution in [0.15, 0.2) is 48.5 Å². The van der Waals surface area contributed by atoms with Crippen LogP contribution < -0.4 is 11.1 Å². The van der Waals surface area contributed by atoms with E-state index in [4.69, 9.17) is 10.5 Å². The molecule has 0 spiro atoms. The zero-order valence-electron chi connectivity index (χ0n) is 15.7. The molecule has 4 rings (SSSR count). The van der Waals surface area contributed by atoms with Crippen molar-refractivity contribution in [1.29, 1.82) is 0 Å². The number of nitrogens with two attached hydrogens (primary N) is 1. The summed E-state index contributed by atoms with van der Waals surface area (Å²) >= 11 is 0. The summed E-state index contributed by atoms with van der Waals surface area (Å²) < 4.78 is 5.57. The van der Waals surface area contributed by atoms with Crippen molar-refractivity contribution in [2.45, 2.75) is 38.3 Å². The molecule has 1 saturated heterocycles. The molecule has 1 heterocycles. The summed E-state index contributed by atoms with van der Waals surface area (Å²) in [6, 6.07) is 16.2.